The Hall–Kier alpha value is -0.0400. The first kappa shape index (κ1) is 22.2. The molecular formula is C15H34IN3O. The molecular weight excluding hydrogens is 365 g/mol. The first-order chi connectivity index (χ1) is 8.81. The first-order valence-electron chi connectivity index (χ1n) is 7.28. The highest BCUT2D eigenvalue weighted by Gasteiger charge is 2.24. The van der Waals surface area contributed by atoms with Crippen LogP contribution in [0.3, 0.4) is 0 Å². The molecule has 0 heterocycles. The second-order valence-electron chi connectivity index (χ2n) is 6.51. The summed E-state index contributed by atoms with van der Waals surface area (Å²) in [4.78, 5) is 4.23. The van der Waals surface area contributed by atoms with E-state index in [0.29, 0.717) is 0 Å². The Bertz CT molecular complexity index is 262. The molecule has 0 aromatic carbocycles. The molecule has 0 amide bonds. The van der Waals surface area contributed by atoms with Crippen LogP contribution in [0.2, 0.25) is 0 Å². The summed E-state index contributed by atoms with van der Waals surface area (Å²) in [5, 5.41) is 6.67. The number of rotatable bonds is 7. The van der Waals surface area contributed by atoms with E-state index in [1.54, 1.807) is 14.2 Å². The lowest BCUT2D eigenvalue weighted by Crippen LogP contribution is -2.45. The van der Waals surface area contributed by atoms with Gasteiger partial charge in [0.05, 0.1) is 6.10 Å². The molecule has 0 bridgehead atoms. The van der Waals surface area contributed by atoms with Gasteiger partial charge in [-0.15, -0.1) is 24.0 Å². The molecule has 0 aliphatic carbocycles. The molecule has 0 aromatic rings. The van der Waals surface area contributed by atoms with E-state index in [1.807, 2.05) is 0 Å². The lowest BCUT2D eigenvalue weighted by atomic mass is 9.89. The number of guanidine groups is 1. The number of ether oxygens (including phenoxy) is 1. The van der Waals surface area contributed by atoms with Crippen molar-refractivity contribution in [3.63, 3.8) is 0 Å². The summed E-state index contributed by atoms with van der Waals surface area (Å²) in [6.45, 7) is 12.8. The maximum absolute atomic E-state index is 5.52. The molecule has 0 saturated carbocycles. The minimum absolute atomic E-state index is 0. The van der Waals surface area contributed by atoms with Crippen LogP contribution in [0.1, 0.15) is 47.5 Å². The minimum Gasteiger partial charge on any atom is -0.379 e. The maximum atomic E-state index is 5.52. The van der Waals surface area contributed by atoms with Gasteiger partial charge < -0.3 is 15.4 Å². The number of hydrogen-bond acceptors (Lipinski definition) is 2. The summed E-state index contributed by atoms with van der Waals surface area (Å²) >= 11 is 0. The molecule has 5 heteroatoms. The van der Waals surface area contributed by atoms with E-state index in [1.165, 1.54) is 12.8 Å². The SMILES string of the molecule is CN=C(NCCCC(C)C)NCC(OC)C(C)(C)C.I. The maximum Gasteiger partial charge on any atom is 0.191 e. The third-order valence-electron chi connectivity index (χ3n) is 3.18. The molecule has 0 rings (SSSR count). The normalized spacial score (nSPS) is 13.9. The van der Waals surface area contributed by atoms with E-state index >= 15 is 0 Å². The van der Waals surface area contributed by atoms with Crippen LogP contribution in [0.15, 0.2) is 4.99 Å². The molecule has 0 spiro atoms. The topological polar surface area (TPSA) is 45.7 Å². The van der Waals surface area contributed by atoms with E-state index in [9.17, 15) is 0 Å². The fraction of sp³-hybridized carbons (Fsp3) is 0.933. The predicted molar refractivity (Wildman–Crippen MR) is 99.1 cm³/mol. The minimum atomic E-state index is 0. The molecule has 0 radical (unpaired) electrons. The van der Waals surface area contributed by atoms with Gasteiger partial charge in [-0.25, -0.2) is 0 Å². The zero-order valence-electron chi connectivity index (χ0n) is 14.2. The smallest absolute Gasteiger partial charge is 0.191 e. The average Bonchev–Trinajstić information content (AvgIpc) is 2.30. The summed E-state index contributed by atoms with van der Waals surface area (Å²) in [7, 11) is 3.56. The lowest BCUT2D eigenvalue weighted by molar-refractivity contribution is 0.0205. The monoisotopic (exact) mass is 399 g/mol. The van der Waals surface area contributed by atoms with E-state index in [4.69, 9.17) is 4.74 Å². The highest BCUT2D eigenvalue weighted by Crippen LogP contribution is 2.20. The summed E-state index contributed by atoms with van der Waals surface area (Å²) < 4.78 is 5.52. The van der Waals surface area contributed by atoms with Gasteiger partial charge in [0.15, 0.2) is 5.96 Å². The standard InChI is InChI=1S/C15H33N3O.HI/c1-12(2)9-8-10-17-14(16-6)18-11-13(19-7)15(3,4)5;/h12-13H,8-11H2,1-7H3,(H2,16,17,18);1H. The number of methoxy groups -OCH3 is 1. The van der Waals surface area contributed by atoms with E-state index < -0.39 is 0 Å². The van der Waals surface area contributed by atoms with Gasteiger partial charge in [-0.2, -0.15) is 0 Å². The van der Waals surface area contributed by atoms with Crippen LogP contribution in [0.4, 0.5) is 0 Å². The molecule has 0 fully saturated rings. The van der Waals surface area contributed by atoms with Crippen LogP contribution >= 0.6 is 24.0 Å². The predicted octanol–water partition coefficient (Wildman–Crippen LogP) is 3.27. The quantitative estimate of drug-likeness (QED) is 0.299. The van der Waals surface area contributed by atoms with Crippen molar-refractivity contribution >= 4 is 29.9 Å². The molecule has 0 aromatic heterocycles. The molecule has 0 aliphatic rings. The van der Waals surface area contributed by atoms with Gasteiger partial charge in [-0.1, -0.05) is 34.6 Å². The Labute approximate surface area is 142 Å². The number of nitrogens with one attached hydrogen (secondary N) is 2. The van der Waals surface area contributed by atoms with Gasteiger partial charge in [0.2, 0.25) is 0 Å². The molecule has 20 heavy (non-hydrogen) atoms. The third-order valence-corrected chi connectivity index (χ3v) is 3.18. The Morgan fingerprint density at radius 1 is 1.20 bits per heavy atom. The van der Waals surface area contributed by atoms with Crippen molar-refractivity contribution in [1.29, 1.82) is 0 Å². The molecule has 2 N–H and O–H groups in total. The fourth-order valence-corrected chi connectivity index (χ4v) is 1.87. The van der Waals surface area contributed by atoms with Crippen LogP contribution in [-0.4, -0.2) is 39.3 Å². The van der Waals surface area contributed by atoms with E-state index in [2.05, 4.69) is 50.2 Å². The van der Waals surface area contributed by atoms with Crippen LogP contribution in [-0.2, 0) is 4.74 Å². The van der Waals surface area contributed by atoms with Crippen molar-refractivity contribution in [1.82, 2.24) is 10.6 Å². The highest BCUT2D eigenvalue weighted by molar-refractivity contribution is 14.0. The van der Waals surface area contributed by atoms with Crippen LogP contribution in [0.5, 0.6) is 0 Å². The average molecular weight is 399 g/mol. The van der Waals surface area contributed by atoms with E-state index in [-0.39, 0.29) is 35.5 Å². The molecule has 0 aliphatic heterocycles. The second kappa shape index (κ2) is 11.6. The second-order valence-corrected chi connectivity index (χ2v) is 6.51. The first-order valence-corrected chi connectivity index (χ1v) is 7.28. The van der Waals surface area contributed by atoms with E-state index in [0.717, 1.165) is 25.0 Å². The zero-order valence-corrected chi connectivity index (χ0v) is 16.6. The lowest BCUT2D eigenvalue weighted by Gasteiger charge is -2.30. The van der Waals surface area contributed by atoms with Crippen molar-refractivity contribution < 1.29 is 4.74 Å². The molecule has 1 unspecified atom stereocenters. The Kier molecular flexibility index (Phi) is 12.9. The largest absolute Gasteiger partial charge is 0.379 e. The van der Waals surface area contributed by atoms with Gasteiger partial charge in [-0.05, 0) is 24.2 Å². The summed E-state index contributed by atoms with van der Waals surface area (Å²) in [5.74, 6) is 1.62. The number of nitrogens with zero attached hydrogens (tertiary/aromatic N) is 1. The van der Waals surface area contributed by atoms with Gasteiger partial charge >= 0.3 is 0 Å². The fourth-order valence-electron chi connectivity index (χ4n) is 1.87. The van der Waals surface area contributed by atoms with Crippen LogP contribution in [0.25, 0.3) is 0 Å². The van der Waals surface area contributed by atoms with Crippen molar-refractivity contribution in [2.75, 3.05) is 27.2 Å². The Morgan fingerprint density at radius 3 is 2.20 bits per heavy atom. The van der Waals surface area contributed by atoms with Crippen LogP contribution < -0.4 is 10.6 Å². The van der Waals surface area contributed by atoms with Gasteiger partial charge in [-0.3, -0.25) is 4.99 Å². The van der Waals surface area contributed by atoms with Gasteiger partial charge in [0.1, 0.15) is 0 Å². The summed E-state index contributed by atoms with van der Waals surface area (Å²) in [6.07, 6.45) is 2.58. The van der Waals surface area contributed by atoms with Crippen molar-refractivity contribution in [3.05, 3.63) is 0 Å². The van der Waals surface area contributed by atoms with Crippen LogP contribution in [0, 0.1) is 11.3 Å². The van der Waals surface area contributed by atoms with Gasteiger partial charge in [0, 0.05) is 27.2 Å². The Balaban J connectivity index is 0. The molecule has 4 nitrogen and oxygen atoms in total. The molecule has 0 saturated heterocycles. The van der Waals surface area contributed by atoms with Crippen molar-refractivity contribution in [2.24, 2.45) is 16.3 Å². The third kappa shape index (κ3) is 10.7. The highest BCUT2D eigenvalue weighted by atomic mass is 127. The number of aliphatic imine (C=N–C) groups is 1. The number of hydrogen-bond donors (Lipinski definition) is 2. The summed E-state index contributed by atoms with van der Waals surface area (Å²) in [6, 6.07) is 0. The Morgan fingerprint density at radius 2 is 1.80 bits per heavy atom. The van der Waals surface area contributed by atoms with Crippen molar-refractivity contribution in [3.8, 4) is 0 Å². The number of halogens is 1. The van der Waals surface area contributed by atoms with Gasteiger partial charge in [0.25, 0.3) is 0 Å². The van der Waals surface area contributed by atoms with Crippen molar-refractivity contribution in [2.45, 2.75) is 53.6 Å². The molecule has 122 valence electrons. The molecule has 1 atom stereocenters. The zero-order chi connectivity index (χ0) is 14.9. The summed E-state index contributed by atoms with van der Waals surface area (Å²) in [5.41, 5.74) is 0.123.